The smallest absolute Gasteiger partial charge is 0.407 e. The van der Waals surface area contributed by atoms with Crippen LogP contribution in [0.1, 0.15) is 63.5 Å². The molecule has 1 amide bonds. The largest absolute Gasteiger partial charge is 0.481 e. The van der Waals surface area contributed by atoms with E-state index in [2.05, 4.69) is 17.4 Å². The first-order valence-corrected chi connectivity index (χ1v) is 11.2. The molecule has 1 aliphatic carbocycles. The topological polar surface area (TPSA) is 102 Å². The molecule has 2 N–H and O–H groups in total. The monoisotopic (exact) mass is 453 g/mol. The molecule has 176 valence electrons. The van der Waals surface area contributed by atoms with Crippen molar-refractivity contribution < 1.29 is 29.0 Å². The Bertz CT molecular complexity index is 964. The minimum atomic E-state index is -0.909. The molecule has 0 unspecified atom stereocenters. The molecule has 7 heteroatoms. The number of carbonyl (C=O) groups excluding carboxylic acids is 2. The van der Waals surface area contributed by atoms with Crippen LogP contribution in [-0.2, 0) is 19.1 Å². The molecule has 0 aromatic heterocycles. The molecule has 0 spiro atoms. The van der Waals surface area contributed by atoms with Crippen LogP contribution < -0.4 is 5.32 Å². The number of hydrogen-bond acceptors (Lipinski definition) is 5. The highest BCUT2D eigenvalue weighted by Gasteiger charge is 2.30. The number of carboxylic acid groups (broad SMARTS) is 1. The van der Waals surface area contributed by atoms with Gasteiger partial charge in [-0.3, -0.25) is 4.79 Å². The first-order valence-electron chi connectivity index (χ1n) is 11.2. The molecule has 1 aliphatic rings. The molecule has 2 aromatic rings. The van der Waals surface area contributed by atoms with Crippen molar-refractivity contribution in [2.24, 2.45) is 0 Å². The molecule has 2 aromatic carbocycles. The maximum atomic E-state index is 12.6. The molecule has 0 heterocycles. The van der Waals surface area contributed by atoms with E-state index < -0.39 is 29.7 Å². The van der Waals surface area contributed by atoms with Gasteiger partial charge in [-0.15, -0.1) is 0 Å². The summed E-state index contributed by atoms with van der Waals surface area (Å²) >= 11 is 0. The van der Waals surface area contributed by atoms with E-state index in [1.807, 2.05) is 36.4 Å². The molecule has 7 nitrogen and oxygen atoms in total. The lowest BCUT2D eigenvalue weighted by atomic mass is 9.98. The van der Waals surface area contributed by atoms with Crippen molar-refractivity contribution in [1.82, 2.24) is 5.32 Å². The van der Waals surface area contributed by atoms with Crippen LogP contribution in [0.5, 0.6) is 0 Å². The Balaban J connectivity index is 1.63. The van der Waals surface area contributed by atoms with Crippen molar-refractivity contribution >= 4 is 18.0 Å². The van der Waals surface area contributed by atoms with Crippen LogP contribution in [-0.4, -0.2) is 41.4 Å². The quantitative estimate of drug-likeness (QED) is 0.414. The van der Waals surface area contributed by atoms with Gasteiger partial charge in [0.2, 0.25) is 0 Å². The Morgan fingerprint density at radius 3 is 2.09 bits per heavy atom. The number of hydrogen-bond donors (Lipinski definition) is 2. The Labute approximate surface area is 194 Å². The lowest BCUT2D eigenvalue weighted by Crippen LogP contribution is -2.44. The van der Waals surface area contributed by atoms with Gasteiger partial charge in [-0.25, -0.2) is 9.59 Å². The molecule has 0 saturated carbocycles. The summed E-state index contributed by atoms with van der Waals surface area (Å²) in [6, 6.07) is 15.2. The van der Waals surface area contributed by atoms with Crippen LogP contribution >= 0.6 is 0 Å². The number of fused-ring (bicyclic) bond motifs is 3. The van der Waals surface area contributed by atoms with Gasteiger partial charge in [0.1, 0.15) is 18.2 Å². The van der Waals surface area contributed by atoms with E-state index in [-0.39, 0.29) is 25.4 Å². The SMILES string of the molecule is CC(C)(C)OC(=O)[C@@H](CCCCC(=O)O)NC(=O)OCC1c2ccccc2-c2ccccc21. The van der Waals surface area contributed by atoms with Crippen molar-refractivity contribution in [3.63, 3.8) is 0 Å². The molecule has 0 fully saturated rings. The number of aliphatic carboxylic acids is 1. The molecule has 3 rings (SSSR count). The van der Waals surface area contributed by atoms with Gasteiger partial charge in [0.25, 0.3) is 0 Å². The zero-order valence-corrected chi connectivity index (χ0v) is 19.3. The summed E-state index contributed by atoms with van der Waals surface area (Å²) < 4.78 is 11.0. The maximum Gasteiger partial charge on any atom is 0.407 e. The molecular weight excluding hydrogens is 422 g/mol. The van der Waals surface area contributed by atoms with Gasteiger partial charge < -0.3 is 19.9 Å². The fourth-order valence-corrected chi connectivity index (χ4v) is 4.03. The summed E-state index contributed by atoms with van der Waals surface area (Å²) in [5.41, 5.74) is 3.76. The Hall–Kier alpha value is -3.35. The predicted molar refractivity (Wildman–Crippen MR) is 124 cm³/mol. The van der Waals surface area contributed by atoms with E-state index in [0.29, 0.717) is 12.8 Å². The fourth-order valence-electron chi connectivity index (χ4n) is 4.03. The molecule has 0 radical (unpaired) electrons. The number of carboxylic acids is 1. The number of benzene rings is 2. The zero-order chi connectivity index (χ0) is 24.0. The number of esters is 1. The van der Waals surface area contributed by atoms with Crippen molar-refractivity contribution in [1.29, 1.82) is 0 Å². The average Bonchev–Trinajstić information content (AvgIpc) is 3.07. The number of unbranched alkanes of at least 4 members (excludes halogenated alkanes) is 1. The maximum absolute atomic E-state index is 12.6. The van der Waals surface area contributed by atoms with Crippen LogP contribution in [0.3, 0.4) is 0 Å². The van der Waals surface area contributed by atoms with E-state index in [9.17, 15) is 14.4 Å². The fraction of sp³-hybridized carbons (Fsp3) is 0.423. The lowest BCUT2D eigenvalue weighted by molar-refractivity contribution is -0.157. The third-order valence-corrected chi connectivity index (χ3v) is 5.46. The minimum Gasteiger partial charge on any atom is -0.481 e. The average molecular weight is 454 g/mol. The molecule has 0 saturated heterocycles. The van der Waals surface area contributed by atoms with Gasteiger partial charge in [0.05, 0.1) is 0 Å². The van der Waals surface area contributed by atoms with Crippen molar-refractivity contribution in [3.05, 3.63) is 59.7 Å². The van der Waals surface area contributed by atoms with Gasteiger partial charge in [0, 0.05) is 12.3 Å². The van der Waals surface area contributed by atoms with E-state index in [0.717, 1.165) is 22.3 Å². The first kappa shape index (κ1) is 24.3. The van der Waals surface area contributed by atoms with Crippen LogP contribution in [0.25, 0.3) is 11.1 Å². The number of ether oxygens (including phenoxy) is 2. The second-order valence-electron chi connectivity index (χ2n) is 9.20. The van der Waals surface area contributed by atoms with Crippen molar-refractivity contribution in [2.75, 3.05) is 6.61 Å². The normalized spacial score (nSPS) is 13.5. The van der Waals surface area contributed by atoms with Gasteiger partial charge in [-0.05, 0) is 55.9 Å². The van der Waals surface area contributed by atoms with Gasteiger partial charge in [0.15, 0.2) is 0 Å². The van der Waals surface area contributed by atoms with Crippen LogP contribution in [0.4, 0.5) is 4.79 Å². The summed E-state index contributed by atoms with van der Waals surface area (Å²) in [5, 5.41) is 11.4. The summed E-state index contributed by atoms with van der Waals surface area (Å²) in [6.07, 6.45) is 0.435. The van der Waals surface area contributed by atoms with E-state index in [1.54, 1.807) is 20.8 Å². The number of rotatable bonds is 9. The van der Waals surface area contributed by atoms with Crippen LogP contribution in [0.15, 0.2) is 48.5 Å². The summed E-state index contributed by atoms with van der Waals surface area (Å²) in [7, 11) is 0. The number of carbonyl (C=O) groups is 3. The summed E-state index contributed by atoms with van der Waals surface area (Å²) in [4.78, 5) is 36.0. The van der Waals surface area contributed by atoms with Crippen LogP contribution in [0.2, 0.25) is 0 Å². The van der Waals surface area contributed by atoms with Crippen LogP contribution in [0, 0.1) is 0 Å². The third kappa shape index (κ3) is 6.57. The van der Waals surface area contributed by atoms with Crippen molar-refractivity contribution in [2.45, 2.75) is 64.0 Å². The molecule has 0 aliphatic heterocycles. The van der Waals surface area contributed by atoms with E-state index >= 15 is 0 Å². The zero-order valence-electron chi connectivity index (χ0n) is 19.3. The standard InChI is InChI=1S/C26H31NO6/c1-26(2,3)33-24(30)22(14-8-9-15-23(28)29)27-25(31)32-16-21-19-12-6-4-10-17(19)18-11-5-7-13-20(18)21/h4-7,10-13,21-22H,8-9,14-16H2,1-3H3,(H,27,31)(H,28,29)/t22-/m1/s1. The first-order chi connectivity index (χ1) is 15.7. The molecule has 0 bridgehead atoms. The Kier molecular flexibility index (Phi) is 7.74. The molecule has 1 atom stereocenters. The summed E-state index contributed by atoms with van der Waals surface area (Å²) in [5.74, 6) is -1.54. The molecular formula is C26H31NO6. The van der Waals surface area contributed by atoms with Gasteiger partial charge >= 0.3 is 18.0 Å². The third-order valence-electron chi connectivity index (χ3n) is 5.46. The highest BCUT2D eigenvalue weighted by molar-refractivity contribution is 5.82. The number of nitrogens with one attached hydrogen (secondary N) is 1. The van der Waals surface area contributed by atoms with E-state index in [1.165, 1.54) is 0 Å². The summed E-state index contributed by atoms with van der Waals surface area (Å²) in [6.45, 7) is 5.39. The highest BCUT2D eigenvalue weighted by Crippen LogP contribution is 2.44. The minimum absolute atomic E-state index is 0.00594. The number of amides is 1. The van der Waals surface area contributed by atoms with Gasteiger partial charge in [-0.2, -0.15) is 0 Å². The number of alkyl carbamates (subject to hydrolysis) is 1. The van der Waals surface area contributed by atoms with Crippen molar-refractivity contribution in [3.8, 4) is 11.1 Å². The lowest BCUT2D eigenvalue weighted by Gasteiger charge is -2.24. The Morgan fingerprint density at radius 2 is 1.55 bits per heavy atom. The van der Waals surface area contributed by atoms with Gasteiger partial charge in [-0.1, -0.05) is 55.0 Å². The molecule has 33 heavy (non-hydrogen) atoms. The Morgan fingerprint density at radius 1 is 0.970 bits per heavy atom. The predicted octanol–water partition coefficient (Wildman–Crippen LogP) is 4.88. The van der Waals surface area contributed by atoms with E-state index in [4.69, 9.17) is 14.6 Å². The highest BCUT2D eigenvalue weighted by atomic mass is 16.6. The second-order valence-corrected chi connectivity index (χ2v) is 9.20. The second kappa shape index (κ2) is 10.5.